The molecule has 2 aromatic carbocycles. The van der Waals surface area contributed by atoms with E-state index in [1.165, 1.54) is 36.8 Å². The maximum atomic E-state index is 12.0. The van der Waals surface area contributed by atoms with Crippen molar-refractivity contribution in [1.29, 1.82) is 0 Å². The lowest BCUT2D eigenvalue weighted by atomic mass is 10.1. The van der Waals surface area contributed by atoms with Crippen molar-refractivity contribution in [1.82, 2.24) is 0 Å². The molecule has 0 atom stereocenters. The SMILES string of the molecule is CCCCCc1ccc(OC(=O)C(=O)Oc2ccc(CCCCC)cc2)cc1. The maximum Gasteiger partial charge on any atom is 0.423 e. The fourth-order valence-electron chi connectivity index (χ4n) is 2.90. The van der Waals surface area contributed by atoms with E-state index in [4.69, 9.17) is 9.47 Å². The molecule has 0 aromatic heterocycles. The predicted molar refractivity (Wildman–Crippen MR) is 111 cm³/mol. The van der Waals surface area contributed by atoms with Crippen LogP contribution < -0.4 is 9.47 Å². The highest BCUT2D eigenvalue weighted by Crippen LogP contribution is 2.17. The molecule has 0 saturated carbocycles. The van der Waals surface area contributed by atoms with E-state index in [1.807, 2.05) is 24.3 Å². The summed E-state index contributed by atoms with van der Waals surface area (Å²) < 4.78 is 10.2. The fourth-order valence-corrected chi connectivity index (χ4v) is 2.90. The summed E-state index contributed by atoms with van der Waals surface area (Å²) in [5, 5.41) is 0. The fraction of sp³-hybridized carbons (Fsp3) is 0.417. The number of esters is 2. The minimum absolute atomic E-state index is 0.340. The van der Waals surface area contributed by atoms with Gasteiger partial charge in [-0.1, -0.05) is 63.8 Å². The number of carbonyl (C=O) groups is 2. The van der Waals surface area contributed by atoms with Crippen LogP contribution in [-0.2, 0) is 22.4 Å². The van der Waals surface area contributed by atoms with E-state index in [9.17, 15) is 9.59 Å². The number of rotatable bonds is 10. The Morgan fingerprint density at radius 2 is 0.964 bits per heavy atom. The van der Waals surface area contributed by atoms with Crippen LogP contribution in [0.3, 0.4) is 0 Å². The average molecular weight is 383 g/mol. The van der Waals surface area contributed by atoms with Gasteiger partial charge in [0.1, 0.15) is 11.5 Å². The molecular formula is C24H30O4. The van der Waals surface area contributed by atoms with E-state index < -0.39 is 11.9 Å². The molecule has 0 unspecified atom stereocenters. The van der Waals surface area contributed by atoms with Gasteiger partial charge < -0.3 is 9.47 Å². The summed E-state index contributed by atoms with van der Waals surface area (Å²) in [7, 11) is 0. The highest BCUT2D eigenvalue weighted by atomic mass is 16.6. The van der Waals surface area contributed by atoms with Crippen LogP contribution in [0.1, 0.15) is 63.5 Å². The second kappa shape index (κ2) is 12.0. The highest BCUT2D eigenvalue weighted by molar-refractivity contribution is 6.31. The van der Waals surface area contributed by atoms with Crippen molar-refractivity contribution in [3.63, 3.8) is 0 Å². The summed E-state index contributed by atoms with van der Waals surface area (Å²) in [4.78, 5) is 23.9. The molecule has 0 spiro atoms. The normalized spacial score (nSPS) is 10.5. The van der Waals surface area contributed by atoms with E-state index in [2.05, 4.69) is 13.8 Å². The Morgan fingerprint density at radius 1 is 0.607 bits per heavy atom. The summed E-state index contributed by atoms with van der Waals surface area (Å²) in [6, 6.07) is 14.5. The van der Waals surface area contributed by atoms with E-state index in [0.717, 1.165) is 25.7 Å². The zero-order valence-corrected chi connectivity index (χ0v) is 16.9. The van der Waals surface area contributed by atoms with Gasteiger partial charge in [-0.05, 0) is 61.1 Å². The lowest BCUT2D eigenvalue weighted by molar-refractivity contribution is -0.156. The molecule has 4 heteroatoms. The third-order valence-corrected chi connectivity index (χ3v) is 4.57. The van der Waals surface area contributed by atoms with Gasteiger partial charge in [0.15, 0.2) is 0 Å². The van der Waals surface area contributed by atoms with Crippen LogP contribution >= 0.6 is 0 Å². The van der Waals surface area contributed by atoms with Crippen LogP contribution in [0.2, 0.25) is 0 Å². The first-order valence-corrected chi connectivity index (χ1v) is 10.2. The van der Waals surface area contributed by atoms with Gasteiger partial charge in [-0.15, -0.1) is 0 Å². The molecule has 0 heterocycles. The molecule has 0 bridgehead atoms. The number of carbonyl (C=O) groups excluding carboxylic acids is 2. The molecule has 0 fully saturated rings. The number of hydrogen-bond acceptors (Lipinski definition) is 4. The van der Waals surface area contributed by atoms with Crippen molar-refractivity contribution in [3.8, 4) is 11.5 Å². The number of hydrogen-bond donors (Lipinski definition) is 0. The number of aryl methyl sites for hydroxylation is 2. The zero-order valence-electron chi connectivity index (χ0n) is 16.9. The zero-order chi connectivity index (χ0) is 20.2. The van der Waals surface area contributed by atoms with E-state index in [0.29, 0.717) is 11.5 Å². The van der Waals surface area contributed by atoms with Crippen molar-refractivity contribution < 1.29 is 19.1 Å². The largest absolute Gasteiger partial charge is 0.423 e. The molecule has 4 nitrogen and oxygen atoms in total. The minimum atomic E-state index is -1.02. The first kappa shape index (κ1) is 21.7. The summed E-state index contributed by atoms with van der Waals surface area (Å²) in [6.45, 7) is 4.34. The van der Waals surface area contributed by atoms with Crippen LogP contribution in [-0.4, -0.2) is 11.9 Å². The van der Waals surface area contributed by atoms with Crippen molar-refractivity contribution in [2.75, 3.05) is 0 Å². The van der Waals surface area contributed by atoms with Crippen molar-refractivity contribution in [2.24, 2.45) is 0 Å². The van der Waals surface area contributed by atoms with Gasteiger partial charge in [0.25, 0.3) is 0 Å². The molecule has 0 aliphatic heterocycles. The van der Waals surface area contributed by atoms with Gasteiger partial charge in [0, 0.05) is 0 Å². The Hall–Kier alpha value is -2.62. The molecule has 0 aliphatic rings. The Morgan fingerprint density at radius 3 is 1.29 bits per heavy atom. The lowest BCUT2D eigenvalue weighted by Crippen LogP contribution is -2.25. The third kappa shape index (κ3) is 7.55. The van der Waals surface area contributed by atoms with Gasteiger partial charge in [0.05, 0.1) is 0 Å². The van der Waals surface area contributed by atoms with Gasteiger partial charge >= 0.3 is 11.9 Å². The number of unbranched alkanes of at least 4 members (excludes halogenated alkanes) is 4. The average Bonchev–Trinajstić information content (AvgIpc) is 2.71. The van der Waals surface area contributed by atoms with Crippen molar-refractivity contribution in [3.05, 3.63) is 59.7 Å². The van der Waals surface area contributed by atoms with Crippen molar-refractivity contribution >= 4 is 11.9 Å². The molecular weight excluding hydrogens is 352 g/mol. The molecule has 0 amide bonds. The van der Waals surface area contributed by atoms with Crippen LogP contribution in [0.5, 0.6) is 11.5 Å². The molecule has 0 aliphatic carbocycles. The van der Waals surface area contributed by atoms with E-state index >= 15 is 0 Å². The van der Waals surface area contributed by atoms with Gasteiger partial charge in [-0.3, -0.25) is 0 Å². The standard InChI is InChI=1S/C24H30O4/c1-3-5-7-9-19-11-15-21(16-12-19)27-23(25)24(26)28-22-17-13-20(14-18-22)10-8-6-4-2/h11-18H,3-10H2,1-2H3. The Kier molecular flexibility index (Phi) is 9.26. The predicted octanol–water partition coefficient (Wildman–Crippen LogP) is 5.66. The second-order valence-corrected chi connectivity index (χ2v) is 6.98. The molecule has 2 rings (SSSR count). The van der Waals surface area contributed by atoms with E-state index in [1.54, 1.807) is 24.3 Å². The first-order valence-electron chi connectivity index (χ1n) is 10.2. The molecule has 28 heavy (non-hydrogen) atoms. The molecule has 2 aromatic rings. The van der Waals surface area contributed by atoms with E-state index in [-0.39, 0.29) is 0 Å². The summed E-state index contributed by atoms with van der Waals surface area (Å²) in [6.07, 6.45) is 9.03. The number of benzene rings is 2. The second-order valence-electron chi connectivity index (χ2n) is 6.98. The van der Waals surface area contributed by atoms with Crippen LogP contribution in [0.15, 0.2) is 48.5 Å². The molecule has 0 N–H and O–H groups in total. The first-order chi connectivity index (χ1) is 13.6. The lowest BCUT2D eigenvalue weighted by Gasteiger charge is -2.07. The Bertz CT molecular complexity index is 667. The highest BCUT2D eigenvalue weighted by Gasteiger charge is 2.19. The molecule has 0 radical (unpaired) electrons. The third-order valence-electron chi connectivity index (χ3n) is 4.57. The topological polar surface area (TPSA) is 52.6 Å². The Labute approximate surface area is 167 Å². The van der Waals surface area contributed by atoms with Crippen LogP contribution in [0.4, 0.5) is 0 Å². The molecule has 150 valence electrons. The summed E-state index contributed by atoms with van der Waals surface area (Å²) in [5.41, 5.74) is 2.38. The van der Waals surface area contributed by atoms with Gasteiger partial charge in [0.2, 0.25) is 0 Å². The van der Waals surface area contributed by atoms with Gasteiger partial charge in [-0.2, -0.15) is 0 Å². The summed E-state index contributed by atoms with van der Waals surface area (Å²) >= 11 is 0. The minimum Gasteiger partial charge on any atom is -0.418 e. The van der Waals surface area contributed by atoms with Gasteiger partial charge in [-0.25, -0.2) is 9.59 Å². The monoisotopic (exact) mass is 382 g/mol. The van der Waals surface area contributed by atoms with Crippen LogP contribution in [0, 0.1) is 0 Å². The smallest absolute Gasteiger partial charge is 0.418 e. The Balaban J connectivity index is 1.81. The quantitative estimate of drug-likeness (QED) is 0.230. The van der Waals surface area contributed by atoms with Crippen molar-refractivity contribution in [2.45, 2.75) is 65.2 Å². The van der Waals surface area contributed by atoms with Crippen LogP contribution in [0.25, 0.3) is 0 Å². The maximum absolute atomic E-state index is 12.0. The molecule has 0 saturated heterocycles. The number of ether oxygens (including phenoxy) is 2. The summed E-state index contributed by atoms with van der Waals surface area (Å²) in [5.74, 6) is -1.36.